The SMILES string of the molecule is CC.C[C@H]1CCC/C(=C/C=C2\CCC[C@]3(C)C(C/C=C/CC(C)(C)O)CCC23)C1. The lowest BCUT2D eigenvalue weighted by Gasteiger charge is -2.42. The van der Waals surface area contributed by atoms with Crippen molar-refractivity contribution in [2.45, 2.75) is 118 Å². The van der Waals surface area contributed by atoms with Gasteiger partial charge in [-0.05, 0) is 101 Å². The van der Waals surface area contributed by atoms with Crippen LogP contribution in [0.2, 0.25) is 0 Å². The molecule has 0 radical (unpaired) electrons. The Kier molecular flexibility index (Phi) is 9.26. The summed E-state index contributed by atoms with van der Waals surface area (Å²) in [5, 5.41) is 9.90. The number of fused-ring (bicyclic) bond motifs is 1. The van der Waals surface area contributed by atoms with Gasteiger partial charge in [0.25, 0.3) is 0 Å². The van der Waals surface area contributed by atoms with Crippen molar-refractivity contribution in [3.8, 4) is 0 Å². The molecular weight excluding hydrogens is 352 g/mol. The molecule has 2 unspecified atom stereocenters. The largest absolute Gasteiger partial charge is 0.390 e. The quantitative estimate of drug-likeness (QED) is 0.459. The number of hydrogen-bond acceptors (Lipinski definition) is 1. The molecule has 0 heterocycles. The zero-order chi connectivity index (χ0) is 21.5. The molecule has 0 aromatic rings. The van der Waals surface area contributed by atoms with Crippen LogP contribution in [-0.2, 0) is 0 Å². The van der Waals surface area contributed by atoms with Gasteiger partial charge in [-0.15, -0.1) is 0 Å². The molecule has 0 aromatic carbocycles. The summed E-state index contributed by atoms with van der Waals surface area (Å²) >= 11 is 0. The molecule has 0 aliphatic heterocycles. The lowest BCUT2D eigenvalue weighted by atomic mass is 9.63. The van der Waals surface area contributed by atoms with Crippen molar-refractivity contribution in [1.29, 1.82) is 0 Å². The highest BCUT2D eigenvalue weighted by Gasteiger charge is 2.48. The number of aliphatic hydroxyl groups is 1. The van der Waals surface area contributed by atoms with Gasteiger partial charge in [-0.1, -0.05) is 69.6 Å². The van der Waals surface area contributed by atoms with E-state index in [1.165, 1.54) is 64.2 Å². The van der Waals surface area contributed by atoms with Crippen LogP contribution in [0.5, 0.6) is 0 Å². The second-order valence-electron chi connectivity index (χ2n) is 10.7. The minimum Gasteiger partial charge on any atom is -0.390 e. The molecule has 3 aliphatic rings. The van der Waals surface area contributed by atoms with E-state index in [0.717, 1.165) is 24.2 Å². The van der Waals surface area contributed by atoms with E-state index in [2.05, 4.69) is 38.2 Å². The van der Waals surface area contributed by atoms with Gasteiger partial charge in [0.2, 0.25) is 0 Å². The maximum absolute atomic E-state index is 9.90. The predicted octanol–water partition coefficient (Wildman–Crippen LogP) is 8.40. The van der Waals surface area contributed by atoms with E-state index < -0.39 is 5.60 Å². The average Bonchev–Trinajstić information content (AvgIpc) is 3.01. The lowest BCUT2D eigenvalue weighted by molar-refractivity contribution is 0.0837. The van der Waals surface area contributed by atoms with E-state index in [4.69, 9.17) is 0 Å². The van der Waals surface area contributed by atoms with Crippen molar-refractivity contribution in [3.63, 3.8) is 0 Å². The molecule has 1 nitrogen and oxygen atoms in total. The third kappa shape index (κ3) is 6.84. The number of hydrogen-bond donors (Lipinski definition) is 1. The smallest absolute Gasteiger partial charge is 0.0626 e. The van der Waals surface area contributed by atoms with Crippen LogP contribution >= 0.6 is 0 Å². The maximum atomic E-state index is 9.90. The normalized spacial score (nSPS) is 35.6. The summed E-state index contributed by atoms with van der Waals surface area (Å²) in [6, 6.07) is 0. The van der Waals surface area contributed by atoms with Crippen LogP contribution < -0.4 is 0 Å². The van der Waals surface area contributed by atoms with Crippen LogP contribution in [0.25, 0.3) is 0 Å². The molecule has 3 rings (SSSR count). The van der Waals surface area contributed by atoms with Crippen LogP contribution in [0.4, 0.5) is 0 Å². The summed E-state index contributed by atoms with van der Waals surface area (Å²) < 4.78 is 0. The van der Waals surface area contributed by atoms with Crippen LogP contribution in [0.1, 0.15) is 112 Å². The summed E-state index contributed by atoms with van der Waals surface area (Å²) in [5.41, 5.74) is 3.35. The van der Waals surface area contributed by atoms with Gasteiger partial charge >= 0.3 is 0 Å². The monoisotopic (exact) mass is 400 g/mol. The van der Waals surface area contributed by atoms with Gasteiger partial charge in [-0.2, -0.15) is 0 Å². The van der Waals surface area contributed by atoms with Crippen molar-refractivity contribution < 1.29 is 5.11 Å². The number of allylic oxidation sites excluding steroid dienone is 5. The fourth-order valence-corrected chi connectivity index (χ4v) is 6.07. The van der Waals surface area contributed by atoms with E-state index in [1.54, 1.807) is 11.1 Å². The Morgan fingerprint density at radius 3 is 2.48 bits per heavy atom. The minimum absolute atomic E-state index is 0.488. The van der Waals surface area contributed by atoms with E-state index in [1.807, 2.05) is 27.7 Å². The third-order valence-electron chi connectivity index (χ3n) is 7.70. The van der Waals surface area contributed by atoms with E-state index in [9.17, 15) is 5.11 Å². The average molecular weight is 401 g/mol. The second-order valence-corrected chi connectivity index (χ2v) is 10.7. The first-order valence-corrected chi connectivity index (χ1v) is 12.5. The van der Waals surface area contributed by atoms with Crippen molar-refractivity contribution in [2.24, 2.45) is 23.2 Å². The first-order valence-electron chi connectivity index (χ1n) is 12.5. The Morgan fingerprint density at radius 2 is 1.79 bits per heavy atom. The zero-order valence-electron chi connectivity index (χ0n) is 20.3. The zero-order valence-corrected chi connectivity index (χ0v) is 20.3. The summed E-state index contributed by atoms with van der Waals surface area (Å²) in [4.78, 5) is 0. The van der Waals surface area contributed by atoms with Gasteiger partial charge in [0.05, 0.1) is 5.60 Å². The molecule has 4 atom stereocenters. The lowest BCUT2D eigenvalue weighted by Crippen LogP contribution is -2.33. The van der Waals surface area contributed by atoms with Crippen LogP contribution in [0.3, 0.4) is 0 Å². The summed E-state index contributed by atoms with van der Waals surface area (Å²) in [5.74, 6) is 2.50. The molecule has 3 saturated carbocycles. The topological polar surface area (TPSA) is 20.2 Å². The second kappa shape index (κ2) is 11.0. The van der Waals surface area contributed by atoms with Gasteiger partial charge in [0, 0.05) is 0 Å². The maximum Gasteiger partial charge on any atom is 0.0626 e. The van der Waals surface area contributed by atoms with Crippen LogP contribution in [0.15, 0.2) is 35.5 Å². The third-order valence-corrected chi connectivity index (χ3v) is 7.70. The van der Waals surface area contributed by atoms with Gasteiger partial charge in [0.1, 0.15) is 0 Å². The summed E-state index contributed by atoms with van der Waals surface area (Å²) in [7, 11) is 0. The van der Waals surface area contributed by atoms with E-state index in [0.29, 0.717) is 5.41 Å². The molecule has 0 aromatic heterocycles. The molecule has 3 fully saturated rings. The standard InChI is InChI=1S/C26H42O.C2H6/c1-20-9-7-10-21(19-20)13-14-22-11-8-18-26(4)23(15-16-24(22)26)12-5-6-17-25(2,3)27;1-2/h5-6,13-14,20,23-24,27H,7-12,15-19H2,1-4H3;1-2H3/b6-5+,21-13-,22-14+;/t20-,23?,24?,26+;/m0./s1. The summed E-state index contributed by atoms with van der Waals surface area (Å²) in [6.45, 7) is 12.8. The van der Waals surface area contributed by atoms with Crippen molar-refractivity contribution >= 4 is 0 Å². The molecule has 1 N–H and O–H groups in total. The number of rotatable bonds is 5. The Morgan fingerprint density at radius 1 is 1.03 bits per heavy atom. The fourth-order valence-electron chi connectivity index (χ4n) is 6.07. The van der Waals surface area contributed by atoms with Crippen molar-refractivity contribution in [2.75, 3.05) is 0 Å². The van der Waals surface area contributed by atoms with Gasteiger partial charge < -0.3 is 5.11 Å². The Balaban J connectivity index is 0.00000145. The Hall–Kier alpha value is -0.820. The fraction of sp³-hybridized carbons (Fsp3) is 0.786. The molecular formula is C28H48O. The highest BCUT2D eigenvalue weighted by atomic mass is 16.3. The predicted molar refractivity (Wildman–Crippen MR) is 128 cm³/mol. The highest BCUT2D eigenvalue weighted by Crippen LogP contribution is 2.58. The van der Waals surface area contributed by atoms with Gasteiger partial charge in [-0.25, -0.2) is 0 Å². The molecule has 0 spiro atoms. The van der Waals surface area contributed by atoms with Crippen molar-refractivity contribution in [1.82, 2.24) is 0 Å². The molecule has 29 heavy (non-hydrogen) atoms. The highest BCUT2D eigenvalue weighted by molar-refractivity contribution is 5.25. The molecule has 0 amide bonds. The van der Waals surface area contributed by atoms with Gasteiger partial charge in [-0.3, -0.25) is 0 Å². The summed E-state index contributed by atoms with van der Waals surface area (Å²) in [6.07, 6.45) is 23.8. The Bertz CT molecular complexity index is 588. The molecule has 0 bridgehead atoms. The van der Waals surface area contributed by atoms with E-state index in [-0.39, 0.29) is 0 Å². The molecule has 0 saturated heterocycles. The van der Waals surface area contributed by atoms with Crippen molar-refractivity contribution in [3.05, 3.63) is 35.5 Å². The molecule has 1 heteroatoms. The minimum atomic E-state index is -0.580. The van der Waals surface area contributed by atoms with Crippen LogP contribution in [0, 0.1) is 23.2 Å². The first-order chi connectivity index (χ1) is 13.8. The molecule has 3 aliphatic carbocycles. The van der Waals surface area contributed by atoms with Gasteiger partial charge in [0.15, 0.2) is 0 Å². The first kappa shape index (κ1) is 24.4. The molecule has 166 valence electrons. The Labute approximate surface area is 181 Å². The van der Waals surface area contributed by atoms with E-state index >= 15 is 0 Å². The van der Waals surface area contributed by atoms with Crippen LogP contribution in [-0.4, -0.2) is 10.7 Å².